The van der Waals surface area contributed by atoms with Crippen LogP contribution in [0.15, 0.2) is 170 Å². The average molecular weight is 691 g/mol. The van der Waals surface area contributed by atoms with Gasteiger partial charge < -0.3 is 0 Å². The normalized spacial score (nSPS) is 11.5. The maximum atomic E-state index is 5.31. The number of fused-ring (bicyclic) bond motifs is 5. The third-order valence-electron chi connectivity index (χ3n) is 10.4. The Hall–Kier alpha value is -7.04. The highest BCUT2D eigenvalue weighted by molar-refractivity contribution is 6.14. The molecule has 4 heteroatoms. The molecular weight excluding hydrogens is 657 g/mol. The van der Waals surface area contributed by atoms with E-state index < -0.39 is 0 Å². The zero-order valence-corrected chi connectivity index (χ0v) is 30.0. The fourth-order valence-electron chi connectivity index (χ4n) is 7.96. The van der Waals surface area contributed by atoms with Crippen molar-refractivity contribution in [3.05, 3.63) is 181 Å². The van der Waals surface area contributed by atoms with Crippen molar-refractivity contribution in [1.82, 2.24) is 19.9 Å². The van der Waals surface area contributed by atoms with Crippen molar-refractivity contribution < 1.29 is 0 Å². The molecule has 0 N–H and O–H groups in total. The number of pyridine rings is 1. The summed E-state index contributed by atoms with van der Waals surface area (Å²) in [5.41, 5.74) is 9.23. The Kier molecular flexibility index (Phi) is 7.55. The summed E-state index contributed by atoms with van der Waals surface area (Å²) in [7, 11) is 0. The third kappa shape index (κ3) is 5.56. The summed E-state index contributed by atoms with van der Waals surface area (Å²) >= 11 is 0. The molecule has 10 rings (SSSR count). The van der Waals surface area contributed by atoms with Gasteiger partial charge in [-0.25, -0.2) is 15.0 Å². The highest BCUT2D eigenvalue weighted by Crippen LogP contribution is 2.40. The zero-order chi connectivity index (χ0) is 36.2. The van der Waals surface area contributed by atoms with Crippen LogP contribution in [0.3, 0.4) is 0 Å². The standard InChI is InChI=1S/C50H34N4/c1-31-25-36(26-32(2)51-31)37-27-38(47-30-35-15-5-8-20-42(35)43-21-9-10-22-44(43)47)29-39(28-37)48-52-49(45-23-11-16-33-13-3-6-18-40(33)45)54-50(53-48)46-24-12-17-34-14-4-7-19-41(34)46/h3-30H,1-2H3. The lowest BCUT2D eigenvalue weighted by Gasteiger charge is -2.16. The highest BCUT2D eigenvalue weighted by Gasteiger charge is 2.18. The molecule has 8 aromatic carbocycles. The molecule has 0 saturated carbocycles. The van der Waals surface area contributed by atoms with Gasteiger partial charge in [0.15, 0.2) is 17.5 Å². The third-order valence-corrected chi connectivity index (χ3v) is 10.4. The number of aromatic nitrogens is 4. The summed E-state index contributed by atoms with van der Waals surface area (Å²) in [6, 6.07) is 60.2. The van der Waals surface area contributed by atoms with Gasteiger partial charge in [-0.2, -0.15) is 0 Å². The van der Waals surface area contributed by atoms with E-state index in [0.717, 1.165) is 71.9 Å². The van der Waals surface area contributed by atoms with Crippen LogP contribution in [-0.2, 0) is 0 Å². The SMILES string of the molecule is Cc1cc(-c2cc(-c3nc(-c4cccc5ccccc45)nc(-c4cccc5ccccc45)n3)cc(-c3cc4ccccc4c4ccccc34)c2)cc(C)n1. The molecule has 0 radical (unpaired) electrons. The number of benzene rings is 8. The largest absolute Gasteiger partial charge is 0.258 e. The lowest BCUT2D eigenvalue weighted by molar-refractivity contribution is 1.08. The fraction of sp³-hybridized carbons (Fsp3) is 0.0400. The monoisotopic (exact) mass is 690 g/mol. The molecular formula is C50H34N4. The van der Waals surface area contributed by atoms with E-state index in [-0.39, 0.29) is 0 Å². The van der Waals surface area contributed by atoms with Crippen molar-refractivity contribution in [2.24, 2.45) is 0 Å². The summed E-state index contributed by atoms with van der Waals surface area (Å²) in [6.07, 6.45) is 0. The van der Waals surface area contributed by atoms with Crippen molar-refractivity contribution >= 4 is 43.1 Å². The first-order valence-electron chi connectivity index (χ1n) is 18.3. The topological polar surface area (TPSA) is 51.6 Å². The highest BCUT2D eigenvalue weighted by atomic mass is 15.0. The van der Waals surface area contributed by atoms with Crippen molar-refractivity contribution in [3.63, 3.8) is 0 Å². The number of rotatable bonds is 5. The molecule has 2 heterocycles. The lowest BCUT2D eigenvalue weighted by Crippen LogP contribution is -2.01. The second-order valence-electron chi connectivity index (χ2n) is 14.0. The van der Waals surface area contributed by atoms with Crippen LogP contribution < -0.4 is 0 Å². The maximum absolute atomic E-state index is 5.31. The molecule has 0 bridgehead atoms. The second-order valence-corrected chi connectivity index (χ2v) is 14.0. The van der Waals surface area contributed by atoms with Gasteiger partial charge in [-0.3, -0.25) is 4.98 Å². The minimum Gasteiger partial charge on any atom is -0.258 e. The van der Waals surface area contributed by atoms with Gasteiger partial charge in [0.05, 0.1) is 0 Å². The fourth-order valence-corrected chi connectivity index (χ4v) is 7.96. The van der Waals surface area contributed by atoms with E-state index in [2.05, 4.69) is 184 Å². The molecule has 0 spiro atoms. The molecule has 2 aromatic heterocycles. The summed E-state index contributed by atoms with van der Waals surface area (Å²) in [5, 5.41) is 9.34. The Morgan fingerprint density at radius 3 is 1.35 bits per heavy atom. The van der Waals surface area contributed by atoms with Crippen LogP contribution in [0, 0.1) is 13.8 Å². The van der Waals surface area contributed by atoms with Crippen molar-refractivity contribution in [3.8, 4) is 56.4 Å². The van der Waals surface area contributed by atoms with Crippen LogP contribution in [0.1, 0.15) is 11.4 Å². The smallest absolute Gasteiger partial charge is 0.164 e. The van der Waals surface area contributed by atoms with Crippen LogP contribution in [0.2, 0.25) is 0 Å². The summed E-state index contributed by atoms with van der Waals surface area (Å²) in [4.78, 5) is 20.6. The zero-order valence-electron chi connectivity index (χ0n) is 30.0. The predicted molar refractivity (Wildman–Crippen MR) is 224 cm³/mol. The molecule has 254 valence electrons. The summed E-state index contributed by atoms with van der Waals surface area (Å²) in [6.45, 7) is 4.11. The molecule has 0 atom stereocenters. The average Bonchev–Trinajstić information content (AvgIpc) is 3.22. The van der Waals surface area contributed by atoms with Gasteiger partial charge in [-0.05, 0) is 116 Å². The van der Waals surface area contributed by atoms with Gasteiger partial charge in [-0.15, -0.1) is 0 Å². The number of hydrogen-bond donors (Lipinski definition) is 0. The van der Waals surface area contributed by atoms with E-state index in [1.54, 1.807) is 0 Å². The molecule has 4 nitrogen and oxygen atoms in total. The molecule has 0 aliphatic heterocycles. The van der Waals surface area contributed by atoms with Gasteiger partial charge in [0.1, 0.15) is 0 Å². The van der Waals surface area contributed by atoms with Crippen molar-refractivity contribution in [1.29, 1.82) is 0 Å². The Balaban J connectivity index is 1.28. The quantitative estimate of drug-likeness (QED) is 0.169. The lowest BCUT2D eigenvalue weighted by atomic mass is 9.90. The predicted octanol–water partition coefficient (Wildman–Crippen LogP) is 12.8. The minimum absolute atomic E-state index is 0.617. The van der Waals surface area contributed by atoms with Crippen molar-refractivity contribution in [2.75, 3.05) is 0 Å². The summed E-state index contributed by atoms with van der Waals surface area (Å²) < 4.78 is 0. The van der Waals surface area contributed by atoms with Crippen LogP contribution in [-0.4, -0.2) is 19.9 Å². The summed E-state index contributed by atoms with van der Waals surface area (Å²) in [5.74, 6) is 1.89. The number of aryl methyl sites for hydroxylation is 2. The van der Waals surface area contributed by atoms with Gasteiger partial charge in [0, 0.05) is 28.1 Å². The van der Waals surface area contributed by atoms with Gasteiger partial charge in [-0.1, -0.05) is 133 Å². The second kappa shape index (κ2) is 12.9. The van der Waals surface area contributed by atoms with E-state index in [1.165, 1.54) is 21.5 Å². The Bertz CT molecular complexity index is 2960. The molecule has 0 fully saturated rings. The van der Waals surface area contributed by atoms with Gasteiger partial charge in [0.25, 0.3) is 0 Å². The number of hydrogen-bond acceptors (Lipinski definition) is 4. The van der Waals surface area contributed by atoms with E-state index in [0.29, 0.717) is 17.5 Å². The van der Waals surface area contributed by atoms with E-state index in [1.807, 2.05) is 0 Å². The van der Waals surface area contributed by atoms with Crippen LogP contribution in [0.25, 0.3) is 99.5 Å². The van der Waals surface area contributed by atoms with Crippen LogP contribution in [0.4, 0.5) is 0 Å². The van der Waals surface area contributed by atoms with Crippen molar-refractivity contribution in [2.45, 2.75) is 13.8 Å². The van der Waals surface area contributed by atoms with Crippen LogP contribution in [0.5, 0.6) is 0 Å². The Morgan fingerprint density at radius 1 is 0.278 bits per heavy atom. The maximum Gasteiger partial charge on any atom is 0.164 e. The van der Waals surface area contributed by atoms with E-state index in [4.69, 9.17) is 19.9 Å². The molecule has 0 aliphatic rings. The first-order valence-corrected chi connectivity index (χ1v) is 18.3. The van der Waals surface area contributed by atoms with E-state index in [9.17, 15) is 0 Å². The Labute approximate surface area is 313 Å². The molecule has 0 aliphatic carbocycles. The molecule has 0 amide bonds. The van der Waals surface area contributed by atoms with Crippen LogP contribution >= 0.6 is 0 Å². The van der Waals surface area contributed by atoms with Gasteiger partial charge in [0.2, 0.25) is 0 Å². The molecule has 54 heavy (non-hydrogen) atoms. The number of nitrogens with zero attached hydrogens (tertiary/aromatic N) is 4. The Morgan fingerprint density at radius 2 is 0.722 bits per heavy atom. The van der Waals surface area contributed by atoms with E-state index >= 15 is 0 Å². The molecule has 0 saturated heterocycles. The first kappa shape index (κ1) is 31.7. The molecule has 0 unspecified atom stereocenters. The minimum atomic E-state index is 0.617. The molecule has 10 aromatic rings. The van der Waals surface area contributed by atoms with Gasteiger partial charge >= 0.3 is 0 Å². The first-order chi connectivity index (χ1) is 26.6.